The Morgan fingerprint density at radius 3 is 0.984 bits per heavy atom. The van der Waals surface area contributed by atoms with Crippen LogP contribution < -0.4 is 10.2 Å². The average Bonchev–Trinajstić information content (AvgIpc) is 3.25. The molecule has 1 aromatic rings. The zero-order chi connectivity index (χ0) is 49.1. The van der Waals surface area contributed by atoms with Crippen molar-refractivity contribution in [1.29, 1.82) is 0 Å². The first-order chi connectivity index (χ1) is 30.1. The number of nitrogens with zero attached hydrogens (tertiary/aromatic N) is 2. The van der Waals surface area contributed by atoms with E-state index in [0.29, 0.717) is 0 Å². The molecule has 1 rings (SSSR count). The Labute approximate surface area is 385 Å². The van der Waals surface area contributed by atoms with Gasteiger partial charge in [0, 0.05) is 11.1 Å². The van der Waals surface area contributed by atoms with Crippen LogP contribution in [0.4, 0.5) is 0 Å². The van der Waals surface area contributed by atoms with Crippen LogP contribution in [0.2, 0.25) is 0 Å². The molecule has 0 aliphatic carbocycles. The van der Waals surface area contributed by atoms with Gasteiger partial charge in [0.25, 0.3) is 0 Å². The highest BCUT2D eigenvalue weighted by atomic mass is 16.4. The van der Waals surface area contributed by atoms with Gasteiger partial charge in [-0.2, -0.15) is 0 Å². The molecule has 0 fully saturated rings. The number of carboxylic acid groups (broad SMARTS) is 2. The molecular formula is C48H92N2O14. The Kier molecular flexibility index (Phi) is 37.6. The van der Waals surface area contributed by atoms with Crippen molar-refractivity contribution in [2.45, 2.75) is 204 Å². The number of aliphatic carboxylic acids is 2. The molecule has 10 N–H and O–H groups in total. The van der Waals surface area contributed by atoms with Crippen LogP contribution in [0.25, 0.3) is 0 Å². The Bertz CT molecular complexity index is 1200. The van der Waals surface area contributed by atoms with E-state index in [1.807, 2.05) is 0 Å². The summed E-state index contributed by atoms with van der Waals surface area (Å²) in [5.41, 5.74) is 3.03. The van der Waals surface area contributed by atoms with Gasteiger partial charge >= 0.3 is 0 Å². The highest BCUT2D eigenvalue weighted by Gasteiger charge is 2.31. The number of carboxylic acids is 2. The first-order valence-corrected chi connectivity index (χ1v) is 23.9. The third kappa shape index (κ3) is 32.4. The maximum Gasteiger partial charge on any atom is 0.122 e. The summed E-state index contributed by atoms with van der Waals surface area (Å²) < 4.78 is 2.22. The summed E-state index contributed by atoms with van der Waals surface area (Å²) in [7, 11) is 9.69. The van der Waals surface area contributed by atoms with Crippen molar-refractivity contribution in [3.8, 4) is 0 Å². The standard InChI is InChI=1S/C36H70N2.2C6H12O7/c1-7-9-11-13-15-17-19-21-23-25-30-37(3,4)33-35-28-27-29-36(32-35)34-38(5,6)31-26-24-22-20-18-16-14-12-10-8-2;2*7-1-2(8)3(9)4(10)5(11)6(12)13/h27-29,32H,7-26,30-31,33-34H2,1-6H3;2*2-5,7-11H,1H2,(H,12,13)/q+2;;/p-2/t;2*2-,3-,4+,5-/m.11/s1. The normalized spacial score (nSPS) is 15.6. The summed E-state index contributed by atoms with van der Waals surface area (Å²) in [5, 5.41) is 107. The molecule has 0 aromatic heterocycles. The molecule has 16 heteroatoms. The average molecular weight is 921 g/mol. The van der Waals surface area contributed by atoms with E-state index in [1.54, 1.807) is 0 Å². The lowest BCUT2D eigenvalue weighted by Gasteiger charge is -2.31. The van der Waals surface area contributed by atoms with Crippen molar-refractivity contribution in [3.05, 3.63) is 35.4 Å². The second-order valence-corrected chi connectivity index (χ2v) is 18.8. The predicted octanol–water partition coefficient (Wildman–Crippen LogP) is 1.03. The number of benzene rings is 1. The van der Waals surface area contributed by atoms with Gasteiger partial charge in [0.2, 0.25) is 0 Å². The molecule has 8 atom stereocenters. The van der Waals surface area contributed by atoms with Crippen LogP contribution in [0.3, 0.4) is 0 Å². The third-order valence-electron chi connectivity index (χ3n) is 11.4. The van der Waals surface area contributed by atoms with Crippen LogP contribution in [-0.2, 0) is 22.7 Å². The van der Waals surface area contributed by atoms with Crippen molar-refractivity contribution in [1.82, 2.24) is 0 Å². The molecule has 0 heterocycles. The molecule has 0 aliphatic rings. The number of unbranched alkanes of at least 4 members (excludes halogenated alkanes) is 18. The Balaban J connectivity index is 0. The number of carbonyl (C=O) groups is 2. The minimum Gasteiger partial charge on any atom is -0.547 e. The molecule has 16 nitrogen and oxygen atoms in total. The van der Waals surface area contributed by atoms with Crippen LogP contribution in [-0.4, -0.2) is 175 Å². The topological polar surface area (TPSA) is 283 Å². The van der Waals surface area contributed by atoms with E-state index in [4.69, 9.17) is 51.1 Å². The molecule has 0 saturated carbocycles. The molecule has 0 radical (unpaired) electrons. The maximum absolute atomic E-state index is 9.98. The lowest BCUT2D eigenvalue weighted by molar-refractivity contribution is -0.904. The van der Waals surface area contributed by atoms with Gasteiger partial charge in [0.15, 0.2) is 0 Å². The number of hydrogen-bond acceptors (Lipinski definition) is 14. The number of quaternary nitrogens is 2. The van der Waals surface area contributed by atoms with E-state index in [9.17, 15) is 19.8 Å². The molecule has 0 amide bonds. The lowest BCUT2D eigenvalue weighted by atomic mass is 10.0. The molecule has 1 aromatic carbocycles. The SMILES string of the molecule is CCCCCCCCCCCC[N+](C)(C)Cc1cccc(C[N+](C)(C)CCCCCCCCCCCC)c1.O=C([O-])[C@H](O)[C@@H](O)[C@H](O)[C@H](O)CO.O=C([O-])[C@H](O)[C@@H](O)[C@H](O)[C@H](O)CO. The smallest absolute Gasteiger partial charge is 0.122 e. The fraction of sp³-hybridized carbons (Fsp3) is 0.833. The van der Waals surface area contributed by atoms with Gasteiger partial charge in [-0.05, 0) is 31.7 Å². The van der Waals surface area contributed by atoms with E-state index in [1.165, 1.54) is 153 Å². The van der Waals surface area contributed by atoms with Gasteiger partial charge in [-0.25, -0.2) is 0 Å². The minimum atomic E-state index is -2.31. The first kappa shape index (κ1) is 63.8. The minimum absolute atomic E-state index is 0.863. The third-order valence-corrected chi connectivity index (χ3v) is 11.4. The Morgan fingerprint density at radius 2 is 0.734 bits per heavy atom. The van der Waals surface area contributed by atoms with Gasteiger partial charge in [-0.3, -0.25) is 0 Å². The zero-order valence-corrected chi connectivity index (χ0v) is 40.3. The summed E-state index contributed by atoms with van der Waals surface area (Å²) in [4.78, 5) is 20.0. The van der Waals surface area contributed by atoms with E-state index in [2.05, 4.69) is 66.3 Å². The zero-order valence-electron chi connectivity index (χ0n) is 40.3. The van der Waals surface area contributed by atoms with Gasteiger partial charge in [0.05, 0.1) is 66.4 Å². The van der Waals surface area contributed by atoms with Crippen LogP contribution in [0.5, 0.6) is 0 Å². The van der Waals surface area contributed by atoms with Crippen molar-refractivity contribution < 1.29 is 79.8 Å². The molecule has 378 valence electrons. The summed E-state index contributed by atoms with van der Waals surface area (Å²) in [5.74, 6) is -3.95. The highest BCUT2D eigenvalue weighted by molar-refractivity contribution is 5.70. The van der Waals surface area contributed by atoms with Crippen LogP contribution >= 0.6 is 0 Å². The fourth-order valence-corrected chi connectivity index (χ4v) is 7.35. The number of aliphatic hydroxyl groups excluding tert-OH is 10. The number of hydrogen-bond donors (Lipinski definition) is 10. The molecular weight excluding hydrogens is 829 g/mol. The monoisotopic (exact) mass is 921 g/mol. The molecule has 0 bridgehead atoms. The van der Waals surface area contributed by atoms with Crippen LogP contribution in [0.15, 0.2) is 24.3 Å². The van der Waals surface area contributed by atoms with E-state index < -0.39 is 74.0 Å². The molecule has 0 aliphatic heterocycles. The molecule has 64 heavy (non-hydrogen) atoms. The summed E-state index contributed by atoms with van der Waals surface area (Å²) >= 11 is 0. The Morgan fingerprint density at radius 1 is 0.469 bits per heavy atom. The number of rotatable bonds is 36. The van der Waals surface area contributed by atoms with Gasteiger partial charge in [-0.1, -0.05) is 135 Å². The second-order valence-electron chi connectivity index (χ2n) is 18.8. The van der Waals surface area contributed by atoms with E-state index in [-0.39, 0.29) is 0 Å². The summed E-state index contributed by atoms with van der Waals surface area (Å²) in [6, 6.07) is 9.50. The quantitative estimate of drug-likeness (QED) is 0.0333. The van der Waals surface area contributed by atoms with Crippen LogP contribution in [0.1, 0.15) is 153 Å². The molecule has 0 unspecified atom stereocenters. The highest BCUT2D eigenvalue weighted by Crippen LogP contribution is 2.19. The number of aliphatic hydroxyl groups is 10. The summed E-state index contributed by atoms with van der Waals surface area (Å²) in [6.45, 7) is 7.76. The molecule has 0 spiro atoms. The molecule has 0 saturated heterocycles. The van der Waals surface area contributed by atoms with Crippen molar-refractivity contribution >= 4 is 11.9 Å². The van der Waals surface area contributed by atoms with Crippen LogP contribution in [0, 0.1) is 0 Å². The first-order valence-electron chi connectivity index (χ1n) is 23.9. The van der Waals surface area contributed by atoms with Crippen molar-refractivity contribution in [2.24, 2.45) is 0 Å². The van der Waals surface area contributed by atoms with E-state index in [0.717, 1.165) is 22.1 Å². The predicted molar refractivity (Wildman–Crippen MR) is 244 cm³/mol. The second kappa shape index (κ2) is 37.7. The van der Waals surface area contributed by atoms with Gasteiger partial charge in [0.1, 0.15) is 61.9 Å². The summed E-state index contributed by atoms with van der Waals surface area (Å²) in [6.07, 6.45) is 12.3. The van der Waals surface area contributed by atoms with E-state index >= 15 is 0 Å². The van der Waals surface area contributed by atoms with Crippen molar-refractivity contribution in [3.63, 3.8) is 0 Å². The van der Waals surface area contributed by atoms with Gasteiger partial charge in [-0.15, -0.1) is 0 Å². The largest absolute Gasteiger partial charge is 0.547 e. The Hall–Kier alpha value is -2.32. The fourth-order valence-electron chi connectivity index (χ4n) is 7.35. The van der Waals surface area contributed by atoms with Gasteiger partial charge < -0.3 is 79.8 Å². The lowest BCUT2D eigenvalue weighted by Crippen LogP contribution is -2.52. The number of carbonyl (C=O) groups excluding carboxylic acids is 2. The van der Waals surface area contributed by atoms with Crippen molar-refractivity contribution in [2.75, 3.05) is 54.5 Å². The maximum atomic E-state index is 9.98.